The molecule has 0 aliphatic carbocycles. The standard InChI is InChI=1S/C12H12N2O5/c1-18-12(17)9(13)6-19-14-10(15)7-4-2-3-5-8(7)11(14)16/h2-5,9H,6,13H2,1H3/t9-/m0/s1. The Labute approximate surface area is 108 Å². The fraction of sp³-hybridized carbons (Fsp3) is 0.250. The van der Waals surface area contributed by atoms with Crippen LogP contribution in [0.3, 0.4) is 0 Å². The molecule has 1 aliphatic rings. The van der Waals surface area contributed by atoms with E-state index in [9.17, 15) is 14.4 Å². The summed E-state index contributed by atoms with van der Waals surface area (Å²) in [5.41, 5.74) is 5.98. The second-order valence-corrected chi connectivity index (χ2v) is 3.88. The first-order valence-corrected chi connectivity index (χ1v) is 5.50. The fourth-order valence-corrected chi connectivity index (χ4v) is 1.66. The Balaban J connectivity index is 2.07. The maximum atomic E-state index is 11.9. The molecule has 0 aromatic heterocycles. The number of methoxy groups -OCH3 is 1. The number of carbonyl (C=O) groups is 3. The molecule has 0 spiro atoms. The molecule has 7 heteroatoms. The summed E-state index contributed by atoms with van der Waals surface area (Å²) < 4.78 is 4.41. The van der Waals surface area contributed by atoms with E-state index in [1.165, 1.54) is 19.2 Å². The third-order valence-corrected chi connectivity index (χ3v) is 2.64. The zero-order valence-electron chi connectivity index (χ0n) is 10.2. The Morgan fingerprint density at radius 1 is 1.26 bits per heavy atom. The number of hydroxylamine groups is 2. The molecule has 19 heavy (non-hydrogen) atoms. The first-order chi connectivity index (χ1) is 9.06. The molecule has 2 N–H and O–H groups in total. The zero-order chi connectivity index (χ0) is 14.0. The molecule has 1 aromatic carbocycles. The number of rotatable bonds is 4. The van der Waals surface area contributed by atoms with Crippen LogP contribution in [0.4, 0.5) is 0 Å². The van der Waals surface area contributed by atoms with Gasteiger partial charge in [-0.05, 0) is 12.1 Å². The molecule has 0 radical (unpaired) electrons. The minimum atomic E-state index is -1.06. The van der Waals surface area contributed by atoms with Crippen LogP contribution in [-0.4, -0.2) is 42.6 Å². The number of nitrogens with two attached hydrogens (primary N) is 1. The van der Waals surface area contributed by atoms with Gasteiger partial charge in [-0.2, -0.15) is 0 Å². The van der Waals surface area contributed by atoms with E-state index < -0.39 is 23.8 Å². The minimum absolute atomic E-state index is 0.263. The van der Waals surface area contributed by atoms with Crippen LogP contribution in [0, 0.1) is 0 Å². The molecule has 0 unspecified atom stereocenters. The summed E-state index contributed by atoms with van der Waals surface area (Å²) in [6.07, 6.45) is 0. The number of hydrogen-bond acceptors (Lipinski definition) is 6. The van der Waals surface area contributed by atoms with Crippen molar-refractivity contribution in [2.45, 2.75) is 6.04 Å². The first kappa shape index (κ1) is 13.2. The highest BCUT2D eigenvalue weighted by atomic mass is 16.7. The number of carbonyl (C=O) groups excluding carboxylic acids is 3. The lowest BCUT2D eigenvalue weighted by atomic mass is 10.1. The van der Waals surface area contributed by atoms with Crippen LogP contribution in [0.25, 0.3) is 0 Å². The Morgan fingerprint density at radius 2 is 1.79 bits per heavy atom. The average molecular weight is 264 g/mol. The smallest absolute Gasteiger partial charge is 0.325 e. The van der Waals surface area contributed by atoms with Crippen LogP contribution in [0.5, 0.6) is 0 Å². The molecule has 2 rings (SSSR count). The van der Waals surface area contributed by atoms with Crippen molar-refractivity contribution >= 4 is 17.8 Å². The predicted octanol–water partition coefficient (Wildman–Crippen LogP) is -0.286. The van der Waals surface area contributed by atoms with Crippen molar-refractivity contribution < 1.29 is 24.0 Å². The highest BCUT2D eigenvalue weighted by Crippen LogP contribution is 2.22. The van der Waals surface area contributed by atoms with Gasteiger partial charge in [-0.3, -0.25) is 19.2 Å². The van der Waals surface area contributed by atoms with E-state index in [1.807, 2.05) is 0 Å². The molecule has 2 amide bonds. The summed E-state index contributed by atoms with van der Waals surface area (Å²) in [5.74, 6) is -1.83. The molecular formula is C12H12N2O5. The molecule has 1 aliphatic heterocycles. The summed E-state index contributed by atoms with van der Waals surface area (Å²) in [7, 11) is 1.18. The minimum Gasteiger partial charge on any atom is -0.468 e. The molecule has 0 fully saturated rings. The fourth-order valence-electron chi connectivity index (χ4n) is 1.66. The summed E-state index contributed by atoms with van der Waals surface area (Å²) in [6.45, 7) is -0.321. The molecular weight excluding hydrogens is 252 g/mol. The van der Waals surface area contributed by atoms with Gasteiger partial charge in [0.05, 0.1) is 18.2 Å². The van der Waals surface area contributed by atoms with Gasteiger partial charge < -0.3 is 10.5 Å². The van der Waals surface area contributed by atoms with E-state index in [4.69, 9.17) is 10.6 Å². The lowest BCUT2D eigenvalue weighted by Gasteiger charge is -2.15. The molecule has 0 saturated heterocycles. The maximum Gasteiger partial charge on any atom is 0.325 e. The summed E-state index contributed by atoms with van der Waals surface area (Å²) in [4.78, 5) is 39.8. The normalized spacial score (nSPS) is 15.4. The molecule has 0 bridgehead atoms. The summed E-state index contributed by atoms with van der Waals surface area (Å²) in [6, 6.07) is 5.29. The molecule has 100 valence electrons. The lowest BCUT2D eigenvalue weighted by molar-refractivity contribution is -0.149. The number of amides is 2. The topological polar surface area (TPSA) is 98.9 Å². The van der Waals surface area contributed by atoms with Crippen molar-refractivity contribution in [3.63, 3.8) is 0 Å². The van der Waals surface area contributed by atoms with E-state index in [2.05, 4.69) is 4.74 Å². The number of benzene rings is 1. The maximum absolute atomic E-state index is 11.9. The van der Waals surface area contributed by atoms with Crippen LogP contribution in [-0.2, 0) is 14.4 Å². The van der Waals surface area contributed by atoms with Crippen molar-refractivity contribution in [1.29, 1.82) is 0 Å². The van der Waals surface area contributed by atoms with E-state index in [1.54, 1.807) is 12.1 Å². The highest BCUT2D eigenvalue weighted by Gasteiger charge is 2.37. The van der Waals surface area contributed by atoms with Gasteiger partial charge in [0.1, 0.15) is 12.6 Å². The SMILES string of the molecule is COC(=O)[C@@H](N)CON1C(=O)c2ccccc2C1=O. The van der Waals surface area contributed by atoms with Gasteiger partial charge in [0.25, 0.3) is 11.8 Å². The molecule has 1 heterocycles. The Kier molecular flexibility index (Phi) is 3.59. The van der Waals surface area contributed by atoms with Gasteiger partial charge in [-0.25, -0.2) is 0 Å². The summed E-state index contributed by atoms with van der Waals surface area (Å²) >= 11 is 0. The van der Waals surface area contributed by atoms with Gasteiger partial charge >= 0.3 is 5.97 Å². The monoisotopic (exact) mass is 264 g/mol. The number of hydrogen-bond donors (Lipinski definition) is 1. The van der Waals surface area contributed by atoms with Crippen molar-refractivity contribution in [2.75, 3.05) is 13.7 Å². The number of nitrogens with zero attached hydrogens (tertiary/aromatic N) is 1. The number of ether oxygens (including phenoxy) is 1. The molecule has 7 nitrogen and oxygen atoms in total. The van der Waals surface area contributed by atoms with Crippen molar-refractivity contribution in [1.82, 2.24) is 5.06 Å². The largest absolute Gasteiger partial charge is 0.468 e. The van der Waals surface area contributed by atoms with Gasteiger partial charge in [-0.15, -0.1) is 5.06 Å². The Morgan fingerprint density at radius 3 is 2.26 bits per heavy atom. The average Bonchev–Trinajstić information content (AvgIpc) is 2.68. The molecule has 1 atom stereocenters. The van der Waals surface area contributed by atoms with Crippen LogP contribution < -0.4 is 5.73 Å². The van der Waals surface area contributed by atoms with E-state index >= 15 is 0 Å². The van der Waals surface area contributed by atoms with E-state index in [0.717, 1.165) is 0 Å². The molecule has 1 aromatic rings. The third kappa shape index (κ3) is 2.33. The van der Waals surface area contributed by atoms with Gasteiger partial charge in [0.2, 0.25) is 0 Å². The second-order valence-electron chi connectivity index (χ2n) is 3.88. The van der Waals surface area contributed by atoms with E-state index in [-0.39, 0.29) is 17.7 Å². The van der Waals surface area contributed by atoms with Crippen molar-refractivity contribution in [3.8, 4) is 0 Å². The van der Waals surface area contributed by atoms with Crippen LogP contribution in [0.15, 0.2) is 24.3 Å². The van der Waals surface area contributed by atoms with Gasteiger partial charge in [0, 0.05) is 0 Å². The third-order valence-electron chi connectivity index (χ3n) is 2.64. The van der Waals surface area contributed by atoms with Gasteiger partial charge in [-0.1, -0.05) is 12.1 Å². The van der Waals surface area contributed by atoms with Gasteiger partial charge in [0.15, 0.2) is 0 Å². The highest BCUT2D eigenvalue weighted by molar-refractivity contribution is 6.20. The quantitative estimate of drug-likeness (QED) is 0.593. The second kappa shape index (κ2) is 5.17. The molecule has 0 saturated carbocycles. The van der Waals surface area contributed by atoms with Crippen LogP contribution in [0.2, 0.25) is 0 Å². The van der Waals surface area contributed by atoms with Crippen molar-refractivity contribution in [2.24, 2.45) is 5.73 Å². The van der Waals surface area contributed by atoms with Crippen molar-refractivity contribution in [3.05, 3.63) is 35.4 Å². The first-order valence-electron chi connectivity index (χ1n) is 5.50. The number of fused-ring (bicyclic) bond motifs is 1. The van der Waals surface area contributed by atoms with Crippen LogP contribution in [0.1, 0.15) is 20.7 Å². The predicted molar refractivity (Wildman–Crippen MR) is 62.9 cm³/mol. The zero-order valence-corrected chi connectivity index (χ0v) is 10.2. The Bertz CT molecular complexity index is 508. The van der Waals surface area contributed by atoms with Crippen LogP contribution >= 0.6 is 0 Å². The number of imide groups is 1. The summed E-state index contributed by atoms with van der Waals surface area (Å²) in [5, 5.41) is 0.605. The number of esters is 1. The lowest BCUT2D eigenvalue weighted by Crippen LogP contribution is -2.40. The Hall–Kier alpha value is -2.25. The van der Waals surface area contributed by atoms with E-state index in [0.29, 0.717) is 5.06 Å².